The first-order valence-corrected chi connectivity index (χ1v) is 12.5. The number of rotatable bonds is 11. The van der Waals surface area contributed by atoms with Gasteiger partial charge in [-0.25, -0.2) is 4.79 Å². The van der Waals surface area contributed by atoms with E-state index < -0.39 is 34.8 Å². The quantitative estimate of drug-likeness (QED) is 0.362. The lowest BCUT2D eigenvalue weighted by molar-refractivity contribution is -0.139. The predicted molar refractivity (Wildman–Crippen MR) is 136 cm³/mol. The number of hydrogen-bond acceptors (Lipinski definition) is 6. The Morgan fingerprint density at radius 3 is 2.31 bits per heavy atom. The predicted octanol–water partition coefficient (Wildman–Crippen LogP) is 4.26. The fourth-order valence-electron chi connectivity index (χ4n) is 4.96. The molecule has 0 saturated heterocycles. The van der Waals surface area contributed by atoms with Crippen molar-refractivity contribution < 1.29 is 29.3 Å². The van der Waals surface area contributed by atoms with Crippen molar-refractivity contribution in [2.75, 3.05) is 14.2 Å². The van der Waals surface area contributed by atoms with Crippen LogP contribution in [-0.4, -0.2) is 47.3 Å². The normalized spacial score (nSPS) is 14.8. The number of pyridine rings is 1. The molecule has 3 rings (SSSR count). The molecule has 1 atom stereocenters. The highest BCUT2D eigenvalue weighted by atomic mass is 16.5. The molecular weight excluding hydrogens is 464 g/mol. The number of benzene rings is 1. The fraction of sp³-hybridized carbons (Fsp3) is 0.519. The molecule has 9 nitrogen and oxygen atoms in total. The van der Waals surface area contributed by atoms with E-state index in [0.29, 0.717) is 29.2 Å². The second-order valence-corrected chi connectivity index (χ2v) is 9.28. The Morgan fingerprint density at radius 1 is 1.11 bits per heavy atom. The van der Waals surface area contributed by atoms with E-state index in [1.165, 1.54) is 14.2 Å². The molecule has 1 amide bonds. The van der Waals surface area contributed by atoms with E-state index in [1.54, 1.807) is 18.2 Å². The topological polar surface area (TPSA) is 138 Å². The van der Waals surface area contributed by atoms with Crippen LogP contribution in [0.3, 0.4) is 0 Å². The molecule has 0 radical (unpaired) electrons. The zero-order chi connectivity index (χ0) is 26.2. The van der Waals surface area contributed by atoms with Gasteiger partial charge in [0.25, 0.3) is 11.5 Å². The molecule has 1 aliphatic rings. The average Bonchev–Trinajstić information content (AvgIpc) is 2.87. The van der Waals surface area contributed by atoms with Gasteiger partial charge < -0.3 is 30.0 Å². The first kappa shape index (κ1) is 27.1. The second-order valence-electron chi connectivity index (χ2n) is 9.28. The van der Waals surface area contributed by atoms with Crippen LogP contribution in [0, 0.1) is 5.92 Å². The SMILES string of the molecule is CCCCc1[nH]c(=O)c(C(=O)N[C@@H](CC2CCCCC2)C(=O)O)c(O)c1-c1c(OC)cccc1OC. The molecule has 2 aromatic rings. The van der Waals surface area contributed by atoms with Crippen LogP contribution in [0.25, 0.3) is 11.1 Å². The number of carboxylic acid groups (broad SMARTS) is 1. The molecule has 36 heavy (non-hydrogen) atoms. The van der Waals surface area contributed by atoms with Crippen molar-refractivity contribution in [3.05, 3.63) is 39.8 Å². The first-order valence-electron chi connectivity index (χ1n) is 12.5. The summed E-state index contributed by atoms with van der Waals surface area (Å²) in [6, 6.07) is 3.95. The number of amides is 1. The van der Waals surface area contributed by atoms with Crippen molar-refractivity contribution in [1.82, 2.24) is 10.3 Å². The summed E-state index contributed by atoms with van der Waals surface area (Å²) in [5.41, 5.74) is -0.255. The molecule has 4 N–H and O–H groups in total. The van der Waals surface area contributed by atoms with Crippen molar-refractivity contribution in [2.24, 2.45) is 5.92 Å². The van der Waals surface area contributed by atoms with Crippen molar-refractivity contribution in [3.63, 3.8) is 0 Å². The molecule has 1 heterocycles. The number of nitrogens with one attached hydrogen (secondary N) is 2. The van der Waals surface area contributed by atoms with Gasteiger partial charge >= 0.3 is 5.97 Å². The minimum atomic E-state index is -1.17. The molecular formula is C27H36N2O7. The molecule has 0 unspecified atom stereocenters. The van der Waals surface area contributed by atoms with Crippen molar-refractivity contribution in [3.8, 4) is 28.4 Å². The summed E-state index contributed by atoms with van der Waals surface area (Å²) in [6.07, 6.45) is 7.32. The lowest BCUT2D eigenvalue weighted by atomic mass is 9.84. The van der Waals surface area contributed by atoms with Crippen LogP contribution in [0.2, 0.25) is 0 Å². The van der Waals surface area contributed by atoms with Gasteiger partial charge in [0.2, 0.25) is 0 Å². The number of carbonyl (C=O) groups excluding carboxylic acids is 1. The van der Waals surface area contributed by atoms with Gasteiger partial charge in [-0.3, -0.25) is 9.59 Å². The summed E-state index contributed by atoms with van der Waals surface area (Å²) in [7, 11) is 2.95. The molecule has 1 aromatic carbocycles. The average molecular weight is 501 g/mol. The highest BCUT2D eigenvalue weighted by molar-refractivity contribution is 6.01. The molecule has 1 aliphatic carbocycles. The highest BCUT2D eigenvalue weighted by Gasteiger charge is 2.31. The summed E-state index contributed by atoms with van der Waals surface area (Å²) in [5.74, 6) is -1.67. The number of aromatic amines is 1. The van der Waals surface area contributed by atoms with Crippen LogP contribution in [0.5, 0.6) is 17.2 Å². The van der Waals surface area contributed by atoms with Gasteiger partial charge in [-0.15, -0.1) is 0 Å². The Balaban J connectivity index is 2.08. The Morgan fingerprint density at radius 2 is 1.75 bits per heavy atom. The zero-order valence-electron chi connectivity index (χ0n) is 21.2. The summed E-state index contributed by atoms with van der Waals surface area (Å²) >= 11 is 0. The van der Waals surface area contributed by atoms with Gasteiger partial charge in [0.1, 0.15) is 28.9 Å². The van der Waals surface area contributed by atoms with Gasteiger partial charge in [0.05, 0.1) is 25.3 Å². The summed E-state index contributed by atoms with van der Waals surface area (Å²) in [5, 5.41) is 23.6. The van der Waals surface area contributed by atoms with Gasteiger partial charge in [-0.05, 0) is 37.3 Å². The van der Waals surface area contributed by atoms with Gasteiger partial charge in [-0.1, -0.05) is 51.5 Å². The second kappa shape index (κ2) is 12.5. The summed E-state index contributed by atoms with van der Waals surface area (Å²) in [6.45, 7) is 2.00. The number of ether oxygens (including phenoxy) is 2. The maximum Gasteiger partial charge on any atom is 0.326 e. The van der Waals surface area contributed by atoms with E-state index in [-0.39, 0.29) is 17.9 Å². The van der Waals surface area contributed by atoms with Crippen LogP contribution in [-0.2, 0) is 11.2 Å². The highest BCUT2D eigenvalue weighted by Crippen LogP contribution is 2.44. The smallest absolute Gasteiger partial charge is 0.326 e. The molecule has 196 valence electrons. The Hall–Kier alpha value is -3.49. The van der Waals surface area contributed by atoms with E-state index in [4.69, 9.17) is 9.47 Å². The van der Waals surface area contributed by atoms with E-state index in [1.807, 2.05) is 6.92 Å². The van der Waals surface area contributed by atoms with Crippen LogP contribution in [0.4, 0.5) is 0 Å². The largest absolute Gasteiger partial charge is 0.506 e. The van der Waals surface area contributed by atoms with Crippen LogP contribution in [0.15, 0.2) is 23.0 Å². The number of aryl methyl sites for hydroxylation is 1. The number of aromatic hydroxyl groups is 1. The number of hydrogen-bond donors (Lipinski definition) is 4. The molecule has 1 fully saturated rings. The number of unbranched alkanes of at least 4 members (excludes halogenated alkanes) is 1. The number of H-pyrrole nitrogens is 1. The molecule has 1 aromatic heterocycles. The first-order chi connectivity index (χ1) is 17.3. The summed E-state index contributed by atoms with van der Waals surface area (Å²) in [4.78, 5) is 40.9. The fourth-order valence-corrected chi connectivity index (χ4v) is 4.96. The molecule has 9 heteroatoms. The van der Waals surface area contributed by atoms with Crippen molar-refractivity contribution >= 4 is 11.9 Å². The van der Waals surface area contributed by atoms with Crippen LogP contribution >= 0.6 is 0 Å². The third kappa shape index (κ3) is 6.01. The minimum absolute atomic E-state index is 0.192. The monoisotopic (exact) mass is 500 g/mol. The number of carboxylic acids is 1. The lowest BCUT2D eigenvalue weighted by Crippen LogP contribution is -2.44. The van der Waals surface area contributed by atoms with E-state index in [2.05, 4.69) is 10.3 Å². The van der Waals surface area contributed by atoms with Gasteiger partial charge in [0, 0.05) is 5.69 Å². The van der Waals surface area contributed by atoms with E-state index >= 15 is 0 Å². The maximum atomic E-state index is 13.2. The Labute approximate surface area is 210 Å². The zero-order valence-corrected chi connectivity index (χ0v) is 21.2. The minimum Gasteiger partial charge on any atom is -0.506 e. The third-order valence-corrected chi connectivity index (χ3v) is 6.85. The van der Waals surface area contributed by atoms with Crippen molar-refractivity contribution in [2.45, 2.75) is 70.8 Å². The van der Waals surface area contributed by atoms with Gasteiger partial charge in [-0.2, -0.15) is 0 Å². The third-order valence-electron chi connectivity index (χ3n) is 6.85. The number of methoxy groups -OCH3 is 2. The van der Waals surface area contributed by atoms with Gasteiger partial charge in [0.15, 0.2) is 0 Å². The number of carbonyl (C=O) groups is 2. The molecule has 0 aliphatic heterocycles. The number of aliphatic carboxylic acids is 1. The molecule has 1 saturated carbocycles. The van der Waals surface area contributed by atoms with E-state index in [0.717, 1.165) is 44.9 Å². The van der Waals surface area contributed by atoms with Crippen LogP contribution in [0.1, 0.15) is 74.3 Å². The van der Waals surface area contributed by atoms with E-state index in [9.17, 15) is 24.6 Å². The van der Waals surface area contributed by atoms with Crippen molar-refractivity contribution in [1.29, 1.82) is 0 Å². The standard InChI is InChI=1S/C27H36N2O7/c1-4-5-12-17-21(22-19(35-2)13-9-14-20(22)36-3)24(30)23(25(31)28-17)26(32)29-18(27(33)34)15-16-10-7-6-8-11-16/h9,13-14,16,18H,4-8,10-12,15H2,1-3H3,(H,29,32)(H,33,34)(H2,28,30,31)/t18-/m0/s1. The molecule has 0 spiro atoms. The summed E-state index contributed by atoms with van der Waals surface area (Å²) < 4.78 is 11.0. The lowest BCUT2D eigenvalue weighted by Gasteiger charge is -2.25. The molecule has 0 bridgehead atoms. The van der Waals surface area contributed by atoms with Crippen LogP contribution < -0.4 is 20.3 Å². The number of aromatic nitrogens is 1. The Kier molecular flexibility index (Phi) is 9.38. The Bertz CT molecular complexity index is 1110. The maximum absolute atomic E-state index is 13.2.